The van der Waals surface area contributed by atoms with Gasteiger partial charge in [0.15, 0.2) is 10.6 Å². The highest BCUT2D eigenvalue weighted by Crippen LogP contribution is 2.21. The molecule has 2 heterocycles. The lowest BCUT2D eigenvalue weighted by molar-refractivity contribution is 0.373. The van der Waals surface area contributed by atoms with E-state index in [-0.39, 0.29) is 0 Å². The van der Waals surface area contributed by atoms with E-state index in [1.807, 2.05) is 17.7 Å². The smallest absolute Gasteiger partial charge is 0.211 e. The number of hydrogen-bond donors (Lipinski definition) is 1. The van der Waals surface area contributed by atoms with Crippen molar-refractivity contribution in [3.8, 4) is 17.4 Å². The van der Waals surface area contributed by atoms with E-state index in [9.17, 15) is 0 Å². The lowest BCUT2D eigenvalue weighted by Gasteiger charge is -2.01. The summed E-state index contributed by atoms with van der Waals surface area (Å²) in [7, 11) is 3.44. The summed E-state index contributed by atoms with van der Waals surface area (Å²) in [4.78, 5) is 0. The summed E-state index contributed by atoms with van der Waals surface area (Å²) in [6.07, 6.45) is 0.991. The number of nitrogens with one attached hydrogen (secondary N) is 1. The molecular weight excluding hydrogens is 238 g/mol. The van der Waals surface area contributed by atoms with Gasteiger partial charge in [0.2, 0.25) is 5.88 Å². The summed E-state index contributed by atoms with van der Waals surface area (Å²) >= 11 is 5.19. The van der Waals surface area contributed by atoms with Crippen molar-refractivity contribution < 1.29 is 4.74 Å². The van der Waals surface area contributed by atoms with Crippen LogP contribution in [0.5, 0.6) is 5.88 Å². The third-order valence-corrected chi connectivity index (χ3v) is 2.79. The van der Waals surface area contributed by atoms with Gasteiger partial charge in [0.05, 0.1) is 7.11 Å². The number of aromatic amines is 1. The largest absolute Gasteiger partial charge is 0.481 e. The van der Waals surface area contributed by atoms with Gasteiger partial charge in [-0.2, -0.15) is 10.2 Å². The molecule has 0 unspecified atom stereocenters. The zero-order chi connectivity index (χ0) is 12.4. The molecule has 0 spiro atoms. The van der Waals surface area contributed by atoms with Crippen LogP contribution >= 0.6 is 12.2 Å². The van der Waals surface area contributed by atoms with E-state index >= 15 is 0 Å². The zero-order valence-electron chi connectivity index (χ0n) is 10.1. The van der Waals surface area contributed by atoms with E-state index in [0.717, 1.165) is 24.5 Å². The van der Waals surface area contributed by atoms with Crippen molar-refractivity contribution in [2.75, 3.05) is 7.11 Å². The molecule has 2 rings (SSSR count). The third-order valence-electron chi connectivity index (χ3n) is 2.48. The Hall–Kier alpha value is -1.63. The molecule has 92 valence electrons. The fraction of sp³-hybridized carbons (Fsp3) is 0.500. The summed E-state index contributed by atoms with van der Waals surface area (Å²) in [5.74, 6) is 1.44. The van der Waals surface area contributed by atoms with Gasteiger partial charge >= 0.3 is 0 Å². The van der Waals surface area contributed by atoms with Gasteiger partial charge in [-0.3, -0.25) is 9.67 Å². The Morgan fingerprint density at radius 3 is 2.88 bits per heavy atom. The Balaban J connectivity index is 2.48. The fourth-order valence-electron chi connectivity index (χ4n) is 1.69. The van der Waals surface area contributed by atoms with Crippen molar-refractivity contribution in [3.05, 3.63) is 10.8 Å². The minimum atomic E-state index is 0.617. The van der Waals surface area contributed by atoms with Crippen LogP contribution in [0.3, 0.4) is 0 Å². The average molecular weight is 253 g/mol. The highest BCUT2D eigenvalue weighted by Gasteiger charge is 2.13. The molecule has 7 heteroatoms. The number of aryl methyl sites for hydroxylation is 1. The lowest BCUT2D eigenvalue weighted by atomic mass is 10.4. The van der Waals surface area contributed by atoms with Crippen LogP contribution in [0.15, 0.2) is 6.07 Å². The Morgan fingerprint density at radius 2 is 2.29 bits per heavy atom. The van der Waals surface area contributed by atoms with Gasteiger partial charge in [0.1, 0.15) is 5.69 Å². The van der Waals surface area contributed by atoms with Crippen molar-refractivity contribution >= 4 is 12.2 Å². The Morgan fingerprint density at radius 1 is 1.53 bits per heavy atom. The molecule has 0 aromatic carbocycles. The lowest BCUT2D eigenvalue weighted by Crippen LogP contribution is -2.01. The fourth-order valence-corrected chi connectivity index (χ4v) is 1.92. The van der Waals surface area contributed by atoms with E-state index in [1.165, 1.54) is 0 Å². The summed E-state index contributed by atoms with van der Waals surface area (Å²) in [5, 5.41) is 11.4. The first-order chi connectivity index (χ1) is 8.17. The van der Waals surface area contributed by atoms with Crippen LogP contribution in [-0.2, 0) is 13.6 Å². The molecule has 0 aliphatic carbocycles. The van der Waals surface area contributed by atoms with E-state index in [0.29, 0.717) is 10.7 Å². The molecule has 0 atom stereocenters. The molecule has 0 bridgehead atoms. The average Bonchev–Trinajstić information content (AvgIpc) is 2.84. The number of aromatic nitrogens is 5. The molecule has 6 nitrogen and oxygen atoms in total. The maximum absolute atomic E-state index is 5.19. The highest BCUT2D eigenvalue weighted by atomic mass is 32.1. The van der Waals surface area contributed by atoms with Crippen LogP contribution in [0, 0.1) is 4.77 Å². The standard InChI is InChI=1S/C10H15N5OS/c1-4-5-15-9(11-12-10(15)17)7-6-8(16-3)14(2)13-7/h6H,4-5H2,1-3H3,(H,12,17). The second kappa shape index (κ2) is 4.70. The molecule has 2 aromatic heterocycles. The Labute approximate surface area is 104 Å². The molecule has 0 saturated carbocycles. The number of H-pyrrole nitrogens is 1. The molecule has 0 aliphatic heterocycles. The predicted octanol–water partition coefficient (Wildman–Crippen LogP) is 1.76. The number of rotatable bonds is 4. The predicted molar refractivity (Wildman–Crippen MR) is 66.5 cm³/mol. The van der Waals surface area contributed by atoms with Crippen LogP contribution in [0.2, 0.25) is 0 Å². The van der Waals surface area contributed by atoms with Crippen molar-refractivity contribution in [1.29, 1.82) is 0 Å². The van der Waals surface area contributed by atoms with E-state index in [4.69, 9.17) is 17.0 Å². The van der Waals surface area contributed by atoms with Gasteiger partial charge in [0, 0.05) is 19.7 Å². The molecule has 0 radical (unpaired) electrons. The van der Waals surface area contributed by atoms with Crippen molar-refractivity contribution in [1.82, 2.24) is 24.5 Å². The summed E-state index contributed by atoms with van der Waals surface area (Å²) < 4.78 is 9.41. The molecule has 0 saturated heterocycles. The first-order valence-corrected chi connectivity index (χ1v) is 5.81. The SMILES string of the molecule is CCCn1c(-c2cc(OC)n(C)n2)n[nH]c1=S. The van der Waals surface area contributed by atoms with Crippen LogP contribution in [-0.4, -0.2) is 31.7 Å². The molecule has 2 aromatic rings. The second-order valence-corrected chi connectivity index (χ2v) is 4.09. The van der Waals surface area contributed by atoms with Crippen LogP contribution in [0.1, 0.15) is 13.3 Å². The van der Waals surface area contributed by atoms with Crippen LogP contribution in [0.4, 0.5) is 0 Å². The van der Waals surface area contributed by atoms with Crippen molar-refractivity contribution in [2.24, 2.45) is 7.05 Å². The second-order valence-electron chi connectivity index (χ2n) is 3.70. The normalized spacial score (nSPS) is 10.8. The van der Waals surface area contributed by atoms with E-state index in [2.05, 4.69) is 22.2 Å². The van der Waals surface area contributed by atoms with E-state index in [1.54, 1.807) is 11.8 Å². The maximum atomic E-state index is 5.19. The van der Waals surface area contributed by atoms with Gasteiger partial charge in [-0.1, -0.05) is 6.92 Å². The Kier molecular flexibility index (Phi) is 3.28. The van der Waals surface area contributed by atoms with Gasteiger partial charge in [-0.15, -0.1) is 0 Å². The topological polar surface area (TPSA) is 60.7 Å². The minimum Gasteiger partial charge on any atom is -0.481 e. The molecule has 0 fully saturated rings. The van der Waals surface area contributed by atoms with Gasteiger partial charge < -0.3 is 4.74 Å². The van der Waals surface area contributed by atoms with Gasteiger partial charge in [-0.05, 0) is 18.6 Å². The third kappa shape index (κ3) is 2.10. The number of hydrogen-bond acceptors (Lipinski definition) is 4. The molecule has 0 amide bonds. The Bertz CT molecular complexity index is 568. The zero-order valence-corrected chi connectivity index (χ0v) is 10.9. The maximum Gasteiger partial charge on any atom is 0.211 e. The number of methoxy groups -OCH3 is 1. The van der Waals surface area contributed by atoms with Crippen molar-refractivity contribution in [2.45, 2.75) is 19.9 Å². The molecule has 1 N–H and O–H groups in total. The van der Waals surface area contributed by atoms with Crippen LogP contribution < -0.4 is 4.74 Å². The molecule has 0 aliphatic rings. The first kappa shape index (κ1) is 11.8. The quantitative estimate of drug-likeness (QED) is 0.843. The summed E-state index contributed by atoms with van der Waals surface area (Å²) in [5.41, 5.74) is 0.755. The van der Waals surface area contributed by atoms with Gasteiger partial charge in [0.25, 0.3) is 0 Å². The molecular formula is C10H15N5OS. The highest BCUT2D eigenvalue weighted by molar-refractivity contribution is 7.71. The summed E-state index contributed by atoms with van der Waals surface area (Å²) in [6, 6.07) is 1.84. The molecule has 17 heavy (non-hydrogen) atoms. The van der Waals surface area contributed by atoms with Gasteiger partial charge in [-0.25, -0.2) is 4.68 Å². The monoisotopic (exact) mass is 253 g/mol. The summed E-state index contributed by atoms with van der Waals surface area (Å²) in [6.45, 7) is 2.92. The number of ether oxygens (including phenoxy) is 1. The minimum absolute atomic E-state index is 0.617. The van der Waals surface area contributed by atoms with Crippen molar-refractivity contribution in [3.63, 3.8) is 0 Å². The first-order valence-electron chi connectivity index (χ1n) is 5.41. The number of nitrogens with zero attached hydrogens (tertiary/aromatic N) is 4. The van der Waals surface area contributed by atoms with Crippen LogP contribution in [0.25, 0.3) is 11.5 Å². The van der Waals surface area contributed by atoms with E-state index < -0.39 is 0 Å².